The third kappa shape index (κ3) is 4.33. The molecular weight excluding hydrogens is 158 g/mol. The van der Waals surface area contributed by atoms with Crippen LogP contribution in [0.5, 0.6) is 0 Å². The highest BCUT2D eigenvalue weighted by molar-refractivity contribution is 5.15. The van der Waals surface area contributed by atoms with E-state index >= 15 is 0 Å². The highest BCUT2D eigenvalue weighted by atomic mass is 15.2. The lowest BCUT2D eigenvalue weighted by Crippen LogP contribution is -2.42. The molecule has 0 aliphatic heterocycles. The molecule has 76 valence electrons. The van der Waals surface area contributed by atoms with Gasteiger partial charge in [-0.05, 0) is 26.9 Å². The minimum Gasteiger partial charge on any atom is -0.288 e. The third-order valence-corrected chi connectivity index (χ3v) is 2.22. The molecule has 0 spiro atoms. The van der Waals surface area contributed by atoms with Crippen molar-refractivity contribution in [2.45, 2.75) is 47.1 Å². The summed E-state index contributed by atoms with van der Waals surface area (Å²) in [7, 11) is 0. The van der Waals surface area contributed by atoms with Crippen molar-refractivity contribution in [3.05, 3.63) is 0 Å². The predicted molar refractivity (Wildman–Crippen MR) is 59.6 cm³/mol. The summed E-state index contributed by atoms with van der Waals surface area (Å²) in [5.41, 5.74) is 0.0216. The zero-order valence-corrected chi connectivity index (χ0v) is 9.94. The largest absolute Gasteiger partial charge is 0.288 e. The predicted octanol–water partition coefficient (Wildman–Crippen LogP) is 2.77. The van der Waals surface area contributed by atoms with E-state index in [1.165, 1.54) is 0 Å². The molecule has 1 heteroatoms. The van der Waals surface area contributed by atoms with Gasteiger partial charge in [0.1, 0.15) is 0 Å². The Morgan fingerprint density at radius 2 is 1.62 bits per heavy atom. The van der Waals surface area contributed by atoms with Crippen LogP contribution in [0.3, 0.4) is 0 Å². The molecule has 0 amide bonds. The van der Waals surface area contributed by atoms with E-state index in [1.54, 1.807) is 0 Å². The lowest BCUT2D eigenvalue weighted by molar-refractivity contribution is 0.189. The van der Waals surface area contributed by atoms with Crippen LogP contribution >= 0.6 is 0 Å². The summed E-state index contributed by atoms with van der Waals surface area (Å²) in [6.07, 6.45) is 0. The third-order valence-electron chi connectivity index (χ3n) is 2.22. The molecule has 0 heterocycles. The van der Waals surface area contributed by atoms with Crippen LogP contribution < -0.4 is 0 Å². The second kappa shape index (κ2) is 5.29. The van der Waals surface area contributed by atoms with E-state index in [9.17, 15) is 0 Å². The number of hydrogen-bond acceptors (Lipinski definition) is 1. The Morgan fingerprint density at radius 1 is 1.15 bits per heavy atom. The molecule has 0 aliphatic carbocycles. The Morgan fingerprint density at radius 3 is 1.92 bits per heavy atom. The fraction of sp³-hybridized carbons (Fsp3) is 0.833. The van der Waals surface area contributed by atoms with Crippen LogP contribution in [-0.4, -0.2) is 23.5 Å². The molecule has 0 saturated heterocycles. The van der Waals surface area contributed by atoms with Gasteiger partial charge in [-0.2, -0.15) is 0 Å². The van der Waals surface area contributed by atoms with E-state index in [1.807, 2.05) is 0 Å². The van der Waals surface area contributed by atoms with Gasteiger partial charge >= 0.3 is 0 Å². The van der Waals surface area contributed by atoms with Gasteiger partial charge in [-0.15, -0.1) is 0 Å². The van der Waals surface area contributed by atoms with Gasteiger partial charge in [0.2, 0.25) is 0 Å². The summed E-state index contributed by atoms with van der Waals surface area (Å²) in [6, 6.07) is 0. The first-order chi connectivity index (χ1) is 5.94. The molecule has 0 aromatic rings. The van der Waals surface area contributed by atoms with Crippen molar-refractivity contribution < 1.29 is 0 Å². The summed E-state index contributed by atoms with van der Waals surface area (Å²) in [6.45, 7) is 15.1. The fourth-order valence-corrected chi connectivity index (χ4v) is 1.41. The van der Waals surface area contributed by atoms with Gasteiger partial charge in [0.15, 0.2) is 0 Å². The number of hydrogen-bond donors (Lipinski definition) is 0. The lowest BCUT2D eigenvalue weighted by Gasteiger charge is -2.32. The van der Waals surface area contributed by atoms with Crippen LogP contribution in [0.4, 0.5) is 0 Å². The maximum Gasteiger partial charge on any atom is 0.0768 e. The van der Waals surface area contributed by atoms with E-state index in [0.29, 0.717) is 5.92 Å². The second-order valence-electron chi connectivity index (χ2n) is 4.16. The van der Waals surface area contributed by atoms with Crippen LogP contribution in [-0.2, 0) is 0 Å². The lowest BCUT2D eigenvalue weighted by atomic mass is 10.0. The molecule has 0 aliphatic rings. The topological polar surface area (TPSA) is 3.24 Å². The molecule has 0 rings (SSSR count). The Balaban J connectivity index is 4.47. The standard InChI is InChI=1S/C12H23N/c1-7-13(8-2)12(5,6)10-9-11(3)4/h11H,7-8H2,1-6H3. The Labute approximate surface area is 83.5 Å². The number of rotatable bonds is 3. The zero-order chi connectivity index (χ0) is 10.5. The highest BCUT2D eigenvalue weighted by Crippen LogP contribution is 2.12. The maximum absolute atomic E-state index is 3.34. The second-order valence-corrected chi connectivity index (χ2v) is 4.16. The van der Waals surface area contributed by atoms with Crippen LogP contribution in [0.1, 0.15) is 41.5 Å². The van der Waals surface area contributed by atoms with Crippen LogP contribution in [0.2, 0.25) is 0 Å². The first kappa shape index (κ1) is 12.5. The summed E-state index contributed by atoms with van der Waals surface area (Å²) < 4.78 is 0. The average Bonchev–Trinajstić information content (AvgIpc) is 2.03. The summed E-state index contributed by atoms with van der Waals surface area (Å²) in [5, 5.41) is 0. The quantitative estimate of drug-likeness (QED) is 0.605. The Bertz CT molecular complexity index is 189. The molecule has 0 N–H and O–H groups in total. The molecule has 0 radical (unpaired) electrons. The average molecular weight is 181 g/mol. The normalized spacial score (nSPS) is 11.7. The molecule has 0 aromatic carbocycles. The molecule has 13 heavy (non-hydrogen) atoms. The zero-order valence-electron chi connectivity index (χ0n) is 9.94. The monoisotopic (exact) mass is 181 g/mol. The summed E-state index contributed by atoms with van der Waals surface area (Å²) in [5.74, 6) is 7.05. The van der Waals surface area contributed by atoms with Gasteiger partial charge in [0.05, 0.1) is 5.54 Å². The molecule has 0 fully saturated rings. The minimum absolute atomic E-state index is 0.0216. The summed E-state index contributed by atoms with van der Waals surface area (Å²) >= 11 is 0. The summed E-state index contributed by atoms with van der Waals surface area (Å²) in [4.78, 5) is 2.38. The van der Waals surface area contributed by atoms with Crippen LogP contribution in [0, 0.1) is 17.8 Å². The van der Waals surface area contributed by atoms with Crippen molar-refractivity contribution >= 4 is 0 Å². The van der Waals surface area contributed by atoms with Crippen molar-refractivity contribution in [1.29, 1.82) is 0 Å². The fourth-order valence-electron chi connectivity index (χ4n) is 1.41. The van der Waals surface area contributed by atoms with E-state index in [0.717, 1.165) is 13.1 Å². The van der Waals surface area contributed by atoms with Crippen molar-refractivity contribution in [2.75, 3.05) is 13.1 Å². The maximum atomic E-state index is 3.34. The van der Waals surface area contributed by atoms with Crippen LogP contribution in [0.25, 0.3) is 0 Å². The van der Waals surface area contributed by atoms with Gasteiger partial charge in [0.25, 0.3) is 0 Å². The van der Waals surface area contributed by atoms with Gasteiger partial charge < -0.3 is 0 Å². The SMILES string of the molecule is CCN(CC)C(C)(C)C#CC(C)C. The molecule has 0 bridgehead atoms. The highest BCUT2D eigenvalue weighted by Gasteiger charge is 2.20. The smallest absolute Gasteiger partial charge is 0.0768 e. The molecule has 1 nitrogen and oxygen atoms in total. The first-order valence-electron chi connectivity index (χ1n) is 5.21. The molecule has 0 saturated carbocycles. The molecule has 0 aromatic heterocycles. The van der Waals surface area contributed by atoms with Crippen molar-refractivity contribution in [3.8, 4) is 11.8 Å². The van der Waals surface area contributed by atoms with Gasteiger partial charge in [0, 0.05) is 5.92 Å². The number of nitrogens with zero attached hydrogens (tertiary/aromatic N) is 1. The van der Waals surface area contributed by atoms with Gasteiger partial charge in [-0.3, -0.25) is 4.90 Å². The van der Waals surface area contributed by atoms with E-state index in [-0.39, 0.29) is 5.54 Å². The van der Waals surface area contributed by atoms with Crippen LogP contribution in [0.15, 0.2) is 0 Å². The van der Waals surface area contributed by atoms with Gasteiger partial charge in [-0.1, -0.05) is 39.5 Å². The molecular formula is C12H23N. The van der Waals surface area contributed by atoms with E-state index in [4.69, 9.17) is 0 Å². The van der Waals surface area contributed by atoms with E-state index < -0.39 is 0 Å². The molecule has 0 atom stereocenters. The minimum atomic E-state index is 0.0216. The van der Waals surface area contributed by atoms with Gasteiger partial charge in [-0.25, -0.2) is 0 Å². The van der Waals surface area contributed by atoms with Crippen molar-refractivity contribution in [1.82, 2.24) is 4.90 Å². The Kier molecular flexibility index (Phi) is 5.10. The molecule has 0 unspecified atom stereocenters. The van der Waals surface area contributed by atoms with E-state index in [2.05, 4.69) is 58.3 Å². The van der Waals surface area contributed by atoms with Crippen molar-refractivity contribution in [2.24, 2.45) is 5.92 Å². The Hall–Kier alpha value is -0.480. The first-order valence-corrected chi connectivity index (χ1v) is 5.21. The van der Waals surface area contributed by atoms with Crippen molar-refractivity contribution in [3.63, 3.8) is 0 Å².